The van der Waals surface area contributed by atoms with E-state index in [4.69, 9.17) is 4.74 Å². The molecular formula is C13H13N3OS. The van der Waals surface area contributed by atoms with Crippen LogP contribution in [0.1, 0.15) is 10.6 Å². The van der Waals surface area contributed by atoms with Crippen molar-refractivity contribution in [3.8, 4) is 5.88 Å². The van der Waals surface area contributed by atoms with Crippen molar-refractivity contribution in [2.75, 3.05) is 6.61 Å². The van der Waals surface area contributed by atoms with Crippen LogP contribution in [0.25, 0.3) is 5.52 Å². The van der Waals surface area contributed by atoms with Crippen LogP contribution in [0.3, 0.4) is 0 Å². The molecule has 0 N–H and O–H groups in total. The van der Waals surface area contributed by atoms with E-state index in [1.807, 2.05) is 19.2 Å². The van der Waals surface area contributed by atoms with Crippen LogP contribution < -0.4 is 4.74 Å². The number of rotatable bonds is 4. The maximum Gasteiger partial charge on any atom is 0.240 e. The highest BCUT2D eigenvalue weighted by Crippen LogP contribution is 2.17. The molecule has 18 heavy (non-hydrogen) atoms. The average molecular weight is 259 g/mol. The first-order chi connectivity index (χ1) is 8.83. The van der Waals surface area contributed by atoms with Crippen molar-refractivity contribution in [1.29, 1.82) is 0 Å². The van der Waals surface area contributed by atoms with Crippen LogP contribution in [0.2, 0.25) is 0 Å². The summed E-state index contributed by atoms with van der Waals surface area (Å²) in [5.41, 5.74) is 1.81. The van der Waals surface area contributed by atoms with Crippen LogP contribution in [0.5, 0.6) is 5.88 Å². The Bertz CT molecular complexity index is 645. The molecular weight excluding hydrogens is 246 g/mol. The fraction of sp³-hybridized carbons (Fsp3) is 0.231. The zero-order valence-corrected chi connectivity index (χ0v) is 10.9. The van der Waals surface area contributed by atoms with Gasteiger partial charge in [0.2, 0.25) is 5.88 Å². The summed E-state index contributed by atoms with van der Waals surface area (Å²) in [7, 11) is 0. The van der Waals surface area contributed by atoms with Gasteiger partial charge >= 0.3 is 0 Å². The lowest BCUT2D eigenvalue weighted by molar-refractivity contribution is 0.312. The zero-order chi connectivity index (χ0) is 12.4. The van der Waals surface area contributed by atoms with Gasteiger partial charge in [-0.15, -0.1) is 11.3 Å². The number of fused-ring (bicyclic) bond motifs is 1. The molecule has 0 spiro atoms. The van der Waals surface area contributed by atoms with Gasteiger partial charge in [0.1, 0.15) is 5.52 Å². The molecule has 4 nitrogen and oxygen atoms in total. The van der Waals surface area contributed by atoms with Gasteiger partial charge in [0.05, 0.1) is 24.7 Å². The van der Waals surface area contributed by atoms with Crippen LogP contribution >= 0.6 is 11.3 Å². The summed E-state index contributed by atoms with van der Waals surface area (Å²) in [6.45, 7) is 2.57. The van der Waals surface area contributed by atoms with E-state index in [2.05, 4.69) is 27.6 Å². The molecule has 0 aromatic carbocycles. The van der Waals surface area contributed by atoms with E-state index in [0.29, 0.717) is 12.5 Å². The average Bonchev–Trinajstić information content (AvgIpc) is 2.98. The van der Waals surface area contributed by atoms with Gasteiger partial charge in [0.25, 0.3) is 0 Å². The Labute approximate surface area is 109 Å². The maximum absolute atomic E-state index is 5.77. The summed E-state index contributed by atoms with van der Waals surface area (Å²) in [5, 5.41) is 6.28. The lowest BCUT2D eigenvalue weighted by atomic mass is 10.4. The Morgan fingerprint density at radius 1 is 1.39 bits per heavy atom. The van der Waals surface area contributed by atoms with Gasteiger partial charge in [0.15, 0.2) is 0 Å². The largest absolute Gasteiger partial charge is 0.476 e. The van der Waals surface area contributed by atoms with E-state index in [-0.39, 0.29) is 0 Å². The number of thiophene rings is 1. The van der Waals surface area contributed by atoms with Crippen molar-refractivity contribution in [1.82, 2.24) is 14.6 Å². The quantitative estimate of drug-likeness (QED) is 0.723. The second-order valence-corrected chi connectivity index (χ2v) is 5.06. The molecule has 5 heteroatoms. The van der Waals surface area contributed by atoms with Crippen molar-refractivity contribution in [3.05, 3.63) is 46.5 Å². The van der Waals surface area contributed by atoms with Gasteiger partial charge in [0, 0.05) is 11.3 Å². The van der Waals surface area contributed by atoms with Crippen molar-refractivity contribution in [2.24, 2.45) is 0 Å². The summed E-state index contributed by atoms with van der Waals surface area (Å²) >= 11 is 1.75. The summed E-state index contributed by atoms with van der Waals surface area (Å²) < 4.78 is 7.56. The van der Waals surface area contributed by atoms with Crippen LogP contribution in [-0.2, 0) is 6.42 Å². The van der Waals surface area contributed by atoms with Crippen molar-refractivity contribution < 1.29 is 4.74 Å². The first-order valence-electron chi connectivity index (χ1n) is 5.79. The van der Waals surface area contributed by atoms with Gasteiger partial charge < -0.3 is 4.74 Å². The molecule has 3 aromatic heterocycles. The van der Waals surface area contributed by atoms with Crippen LogP contribution in [-0.4, -0.2) is 21.2 Å². The lowest BCUT2D eigenvalue weighted by Crippen LogP contribution is -2.04. The molecule has 0 aliphatic heterocycles. The van der Waals surface area contributed by atoms with Crippen molar-refractivity contribution >= 4 is 16.9 Å². The van der Waals surface area contributed by atoms with Gasteiger partial charge in [-0.1, -0.05) is 6.07 Å². The van der Waals surface area contributed by atoms with E-state index >= 15 is 0 Å². The number of ether oxygens (including phenoxy) is 1. The molecule has 0 atom stereocenters. The highest BCUT2D eigenvalue weighted by molar-refractivity contribution is 7.09. The first-order valence-corrected chi connectivity index (χ1v) is 6.67. The minimum Gasteiger partial charge on any atom is -0.476 e. The highest BCUT2D eigenvalue weighted by Gasteiger charge is 2.06. The molecule has 0 amide bonds. The van der Waals surface area contributed by atoms with Crippen molar-refractivity contribution in [3.63, 3.8) is 0 Å². The minimum absolute atomic E-state index is 0.637. The first kappa shape index (κ1) is 11.2. The van der Waals surface area contributed by atoms with Gasteiger partial charge in [-0.25, -0.2) is 9.50 Å². The predicted molar refractivity (Wildman–Crippen MR) is 71.2 cm³/mol. The minimum atomic E-state index is 0.637. The molecule has 3 heterocycles. The Morgan fingerprint density at radius 2 is 2.33 bits per heavy atom. The van der Waals surface area contributed by atoms with E-state index in [1.165, 1.54) is 4.88 Å². The topological polar surface area (TPSA) is 39.4 Å². The highest BCUT2D eigenvalue weighted by atomic mass is 32.1. The SMILES string of the molecule is Cc1cn2nccc2c(OCCc2cccs2)n1. The maximum atomic E-state index is 5.77. The summed E-state index contributed by atoms with van der Waals surface area (Å²) in [6.07, 6.45) is 4.55. The standard InChI is InChI=1S/C13H13N3OS/c1-10-9-16-12(4-6-14-16)13(15-10)17-7-5-11-3-2-8-18-11/h2-4,6,8-9H,5,7H2,1H3. The second-order valence-electron chi connectivity index (χ2n) is 4.03. The van der Waals surface area contributed by atoms with Gasteiger partial charge in [-0.3, -0.25) is 0 Å². The molecule has 0 saturated carbocycles. The Balaban J connectivity index is 1.75. The monoisotopic (exact) mass is 259 g/mol. The van der Waals surface area contributed by atoms with Gasteiger partial charge in [-0.05, 0) is 24.4 Å². The molecule has 0 unspecified atom stereocenters. The molecule has 0 radical (unpaired) electrons. The summed E-state index contributed by atoms with van der Waals surface area (Å²) in [6, 6.07) is 6.08. The molecule has 0 bridgehead atoms. The van der Waals surface area contributed by atoms with Crippen LogP contribution in [0.4, 0.5) is 0 Å². The Kier molecular flexibility index (Phi) is 2.98. The molecule has 0 aliphatic rings. The Morgan fingerprint density at radius 3 is 3.17 bits per heavy atom. The third-order valence-electron chi connectivity index (χ3n) is 2.64. The lowest BCUT2D eigenvalue weighted by Gasteiger charge is -2.07. The molecule has 0 aliphatic carbocycles. The number of hydrogen-bond donors (Lipinski definition) is 0. The van der Waals surface area contributed by atoms with Crippen LogP contribution in [0.15, 0.2) is 36.0 Å². The van der Waals surface area contributed by atoms with E-state index < -0.39 is 0 Å². The Hall–Kier alpha value is -1.88. The van der Waals surface area contributed by atoms with E-state index in [1.54, 1.807) is 22.0 Å². The molecule has 0 fully saturated rings. The summed E-state index contributed by atoms with van der Waals surface area (Å²) in [4.78, 5) is 5.74. The fourth-order valence-electron chi connectivity index (χ4n) is 1.82. The van der Waals surface area contributed by atoms with Crippen LogP contribution in [0, 0.1) is 6.92 Å². The third kappa shape index (κ3) is 2.22. The van der Waals surface area contributed by atoms with E-state index in [0.717, 1.165) is 17.6 Å². The second kappa shape index (κ2) is 4.78. The zero-order valence-electron chi connectivity index (χ0n) is 10.0. The number of nitrogens with zero attached hydrogens (tertiary/aromatic N) is 3. The number of hydrogen-bond acceptors (Lipinski definition) is 4. The number of aromatic nitrogens is 3. The third-order valence-corrected chi connectivity index (χ3v) is 3.58. The normalized spacial score (nSPS) is 10.9. The molecule has 3 aromatic rings. The predicted octanol–water partition coefficient (Wildman–Crippen LogP) is 2.72. The molecule has 0 saturated heterocycles. The van der Waals surface area contributed by atoms with Crippen molar-refractivity contribution in [2.45, 2.75) is 13.3 Å². The smallest absolute Gasteiger partial charge is 0.240 e. The molecule has 92 valence electrons. The molecule has 3 rings (SSSR count). The summed E-state index contributed by atoms with van der Waals surface area (Å²) in [5.74, 6) is 0.657. The van der Waals surface area contributed by atoms with E-state index in [9.17, 15) is 0 Å². The fourth-order valence-corrected chi connectivity index (χ4v) is 2.51. The number of aryl methyl sites for hydroxylation is 1. The van der Waals surface area contributed by atoms with Gasteiger partial charge in [-0.2, -0.15) is 5.10 Å².